The predicted octanol–water partition coefficient (Wildman–Crippen LogP) is -0.733. The van der Waals surface area contributed by atoms with Crippen LogP contribution in [0.3, 0.4) is 0 Å². The standard InChI is InChI=1S/C14H16B3FN2O3/c1-7-3-4-9(23-14(15,16)17)10(11(7)18)12-19-6-5-8(20-12)13(21)22-2/h3-6H,15-17H2,1-2H3. The first-order chi connectivity index (χ1) is 10.7. The molecule has 2 rings (SSSR count). The van der Waals surface area contributed by atoms with Crippen molar-refractivity contribution in [3.8, 4) is 17.1 Å². The monoisotopic (exact) mass is 312 g/mol. The highest BCUT2D eigenvalue weighted by Gasteiger charge is 2.22. The number of hydrogen-bond acceptors (Lipinski definition) is 5. The minimum absolute atomic E-state index is 0.0557. The van der Waals surface area contributed by atoms with E-state index >= 15 is 0 Å². The quantitative estimate of drug-likeness (QED) is 0.550. The number of halogens is 1. The Balaban J connectivity index is 2.62. The number of rotatable bonds is 4. The van der Waals surface area contributed by atoms with E-state index in [1.165, 1.54) is 19.4 Å². The normalized spacial score (nSPS) is 11.1. The van der Waals surface area contributed by atoms with Crippen LogP contribution in [0.5, 0.6) is 5.75 Å². The van der Waals surface area contributed by atoms with Crippen molar-refractivity contribution in [3.05, 3.63) is 41.5 Å². The van der Waals surface area contributed by atoms with Gasteiger partial charge in [0.25, 0.3) is 0 Å². The molecule has 0 aliphatic rings. The van der Waals surface area contributed by atoms with Crippen molar-refractivity contribution in [1.29, 1.82) is 0 Å². The Morgan fingerprint density at radius 1 is 1.26 bits per heavy atom. The number of ether oxygens (including phenoxy) is 2. The van der Waals surface area contributed by atoms with Crippen LogP contribution in [0.1, 0.15) is 16.1 Å². The van der Waals surface area contributed by atoms with E-state index < -0.39 is 17.1 Å². The summed E-state index contributed by atoms with van der Waals surface area (Å²) >= 11 is 0. The third kappa shape index (κ3) is 3.91. The number of aromatic nitrogens is 2. The Morgan fingerprint density at radius 2 is 1.96 bits per heavy atom. The average molecular weight is 312 g/mol. The Labute approximate surface area is 136 Å². The molecular weight excluding hydrogens is 296 g/mol. The molecule has 0 aliphatic heterocycles. The molecule has 0 saturated carbocycles. The molecule has 0 radical (unpaired) electrons. The van der Waals surface area contributed by atoms with Crippen LogP contribution < -0.4 is 4.74 Å². The second-order valence-electron chi connectivity index (χ2n) is 6.04. The molecular formula is C14H16B3FN2O3. The van der Waals surface area contributed by atoms with Crippen LogP contribution >= 0.6 is 0 Å². The van der Waals surface area contributed by atoms with Gasteiger partial charge in [0.15, 0.2) is 11.5 Å². The minimum atomic E-state index is -0.611. The second-order valence-corrected chi connectivity index (χ2v) is 6.04. The van der Waals surface area contributed by atoms with Crippen LogP contribution in [0, 0.1) is 12.7 Å². The van der Waals surface area contributed by atoms with E-state index in [-0.39, 0.29) is 17.1 Å². The SMILES string of the molecule is BC(B)(B)Oc1ccc(C)c(F)c1-c1nccc(C(=O)OC)n1. The van der Waals surface area contributed by atoms with Crippen LogP contribution in [-0.2, 0) is 4.74 Å². The van der Waals surface area contributed by atoms with Crippen molar-refractivity contribution in [2.75, 3.05) is 7.11 Å². The molecule has 0 saturated heterocycles. The van der Waals surface area contributed by atoms with Gasteiger partial charge in [0.1, 0.15) is 35.1 Å². The molecule has 116 valence electrons. The highest BCUT2D eigenvalue weighted by molar-refractivity contribution is 6.58. The smallest absolute Gasteiger partial charge is 0.356 e. The first-order valence-corrected chi connectivity index (χ1v) is 7.13. The minimum Gasteiger partial charge on any atom is -0.513 e. The fourth-order valence-electron chi connectivity index (χ4n) is 1.98. The summed E-state index contributed by atoms with van der Waals surface area (Å²) in [6, 6.07) is 4.71. The topological polar surface area (TPSA) is 61.3 Å². The summed E-state index contributed by atoms with van der Waals surface area (Å²) in [7, 11) is 6.84. The Bertz CT molecular complexity index is 751. The maximum atomic E-state index is 14.7. The lowest BCUT2D eigenvalue weighted by Crippen LogP contribution is -2.37. The Hall–Kier alpha value is -2.31. The molecule has 5 nitrogen and oxygen atoms in total. The molecule has 0 amide bonds. The number of esters is 1. The zero-order chi connectivity index (χ0) is 17.2. The van der Waals surface area contributed by atoms with E-state index in [9.17, 15) is 9.18 Å². The molecule has 9 heteroatoms. The van der Waals surface area contributed by atoms with Gasteiger partial charge < -0.3 is 9.47 Å². The van der Waals surface area contributed by atoms with Crippen LogP contribution in [0.25, 0.3) is 11.4 Å². The van der Waals surface area contributed by atoms with Gasteiger partial charge in [-0.1, -0.05) is 6.07 Å². The van der Waals surface area contributed by atoms with E-state index in [1.807, 2.05) is 23.5 Å². The Kier molecular flexibility index (Phi) is 4.77. The van der Waals surface area contributed by atoms with Crippen molar-refractivity contribution < 1.29 is 18.7 Å². The summed E-state index contributed by atoms with van der Waals surface area (Å²) in [6.45, 7) is 1.64. The van der Waals surface area contributed by atoms with Crippen molar-refractivity contribution in [2.24, 2.45) is 0 Å². The highest BCUT2D eigenvalue weighted by atomic mass is 19.1. The van der Waals surface area contributed by atoms with Crippen LogP contribution in [0.2, 0.25) is 0 Å². The van der Waals surface area contributed by atoms with E-state index in [0.717, 1.165) is 0 Å². The van der Waals surface area contributed by atoms with Crippen LogP contribution in [0.4, 0.5) is 4.39 Å². The second kappa shape index (κ2) is 6.44. The molecule has 2 aromatic rings. The summed E-state index contributed by atoms with van der Waals surface area (Å²) in [5, 5.41) is -0.517. The van der Waals surface area contributed by atoms with Gasteiger partial charge in [-0.15, -0.1) is 0 Å². The lowest BCUT2D eigenvalue weighted by molar-refractivity contribution is 0.0594. The largest absolute Gasteiger partial charge is 0.513 e. The van der Waals surface area contributed by atoms with Crippen molar-refractivity contribution in [2.45, 2.75) is 12.2 Å². The summed E-state index contributed by atoms with van der Waals surface area (Å²) in [6.07, 6.45) is 1.39. The first-order valence-electron chi connectivity index (χ1n) is 7.13. The molecule has 0 atom stereocenters. The van der Waals surface area contributed by atoms with Crippen molar-refractivity contribution >= 4 is 29.5 Å². The molecule has 1 aromatic carbocycles. The molecule has 1 aromatic heterocycles. The molecule has 0 aliphatic carbocycles. The van der Waals surface area contributed by atoms with E-state index in [2.05, 4.69) is 14.7 Å². The molecule has 23 heavy (non-hydrogen) atoms. The zero-order valence-corrected chi connectivity index (χ0v) is 13.8. The summed E-state index contributed by atoms with van der Waals surface area (Å²) in [5.74, 6) is -0.690. The first kappa shape index (κ1) is 17.1. The fraction of sp³-hybridized carbons (Fsp3) is 0.214. The number of nitrogens with zero attached hydrogens (tertiary/aromatic N) is 2. The van der Waals surface area contributed by atoms with E-state index in [0.29, 0.717) is 11.3 Å². The number of carbonyl (C=O) groups excluding carboxylic acids is 1. The van der Waals surface area contributed by atoms with Gasteiger partial charge in [0, 0.05) is 11.5 Å². The van der Waals surface area contributed by atoms with Gasteiger partial charge in [-0.05, 0) is 24.6 Å². The van der Waals surface area contributed by atoms with Gasteiger partial charge in [-0.2, -0.15) is 0 Å². The van der Waals surface area contributed by atoms with E-state index in [1.54, 1.807) is 19.1 Å². The van der Waals surface area contributed by atoms with Gasteiger partial charge in [-0.25, -0.2) is 19.2 Å². The lowest BCUT2D eigenvalue weighted by atomic mass is 9.52. The molecule has 1 heterocycles. The van der Waals surface area contributed by atoms with Gasteiger partial charge >= 0.3 is 5.97 Å². The zero-order valence-electron chi connectivity index (χ0n) is 13.8. The summed E-state index contributed by atoms with van der Waals surface area (Å²) in [4.78, 5) is 19.8. The lowest BCUT2D eigenvalue weighted by Gasteiger charge is -2.24. The highest BCUT2D eigenvalue weighted by Crippen LogP contribution is 2.33. The van der Waals surface area contributed by atoms with E-state index in [4.69, 9.17) is 4.74 Å². The van der Waals surface area contributed by atoms with Gasteiger partial charge in [0.2, 0.25) is 0 Å². The number of benzene rings is 1. The van der Waals surface area contributed by atoms with Crippen LogP contribution in [-0.4, -0.2) is 51.9 Å². The summed E-state index contributed by atoms with van der Waals surface area (Å²) in [5.41, 5.74) is 0.624. The molecule has 0 spiro atoms. The van der Waals surface area contributed by atoms with Crippen LogP contribution in [0.15, 0.2) is 24.4 Å². The molecule has 0 fully saturated rings. The van der Waals surface area contributed by atoms with Gasteiger partial charge in [-0.3, -0.25) is 0 Å². The van der Waals surface area contributed by atoms with Crippen molar-refractivity contribution in [1.82, 2.24) is 9.97 Å². The third-order valence-electron chi connectivity index (χ3n) is 2.99. The average Bonchev–Trinajstić information content (AvgIpc) is 2.49. The molecule has 0 N–H and O–H groups in total. The fourth-order valence-corrected chi connectivity index (χ4v) is 1.98. The van der Waals surface area contributed by atoms with Gasteiger partial charge in [0.05, 0.1) is 12.7 Å². The van der Waals surface area contributed by atoms with Crippen molar-refractivity contribution in [3.63, 3.8) is 0 Å². The maximum absolute atomic E-state index is 14.7. The summed E-state index contributed by atoms with van der Waals surface area (Å²) < 4.78 is 25.1. The molecule has 0 bridgehead atoms. The number of carbonyl (C=O) groups is 1. The molecule has 0 unspecified atom stereocenters. The third-order valence-corrected chi connectivity index (χ3v) is 2.99. The predicted molar refractivity (Wildman–Crippen MR) is 92.5 cm³/mol. The number of methoxy groups -OCH3 is 1. The number of aryl methyl sites for hydroxylation is 1. The maximum Gasteiger partial charge on any atom is 0.356 e. The Morgan fingerprint density at radius 3 is 2.57 bits per heavy atom. The number of hydrogen-bond donors (Lipinski definition) is 0.